The molecule has 4 nitrogen and oxygen atoms in total. The Bertz CT molecular complexity index is 1010. The fourth-order valence-corrected chi connectivity index (χ4v) is 3.70. The van der Waals surface area contributed by atoms with Crippen molar-refractivity contribution >= 4 is 27.9 Å². The molecule has 2 aromatic heterocycles. The van der Waals surface area contributed by atoms with Gasteiger partial charge >= 0.3 is 0 Å². The lowest BCUT2D eigenvalue weighted by Crippen LogP contribution is -1.86. The van der Waals surface area contributed by atoms with Gasteiger partial charge in [-0.2, -0.15) is 0 Å². The highest BCUT2D eigenvalue weighted by Crippen LogP contribution is 2.35. The van der Waals surface area contributed by atoms with E-state index >= 15 is 0 Å². The van der Waals surface area contributed by atoms with Crippen LogP contribution in [0.2, 0.25) is 0 Å². The first kappa shape index (κ1) is 18.6. The molecule has 0 saturated heterocycles. The Morgan fingerprint density at radius 1 is 1.04 bits per heavy atom. The molecule has 0 bridgehead atoms. The summed E-state index contributed by atoms with van der Waals surface area (Å²) in [6.07, 6.45) is 4.73. The molecule has 27 heavy (non-hydrogen) atoms. The van der Waals surface area contributed by atoms with Crippen molar-refractivity contribution in [2.45, 2.75) is 13.3 Å². The van der Waals surface area contributed by atoms with Crippen LogP contribution in [0, 0.1) is 0 Å². The maximum absolute atomic E-state index is 8.36. The predicted octanol–water partition coefficient (Wildman–Crippen LogP) is 6.02. The van der Waals surface area contributed by atoms with Gasteiger partial charge in [-0.15, -0.1) is 11.3 Å². The molecular weight excluding hydrogens is 358 g/mol. The van der Waals surface area contributed by atoms with Crippen LogP contribution in [0.5, 0.6) is 11.5 Å². The van der Waals surface area contributed by atoms with Crippen LogP contribution in [0.25, 0.3) is 21.2 Å². The van der Waals surface area contributed by atoms with Gasteiger partial charge in [-0.05, 0) is 35.7 Å². The SMILES string of the molecule is CCc1cc2c(Oc3ccc(-c4ccccc4)cc3)cncc2s1.O=CO. The Labute approximate surface area is 161 Å². The van der Waals surface area contributed by atoms with Gasteiger partial charge in [-0.1, -0.05) is 49.4 Å². The van der Waals surface area contributed by atoms with Crippen LogP contribution in [-0.4, -0.2) is 16.6 Å². The predicted molar refractivity (Wildman–Crippen MR) is 110 cm³/mol. The van der Waals surface area contributed by atoms with Gasteiger partial charge in [0.25, 0.3) is 6.47 Å². The van der Waals surface area contributed by atoms with Crippen LogP contribution in [0.15, 0.2) is 73.1 Å². The standard InChI is InChI=1S/C21H17NOS.CH2O2/c1-2-18-12-19-20(13-22-14-21(19)24-18)23-17-10-8-16(9-11-17)15-6-4-3-5-7-15;2-1-3/h3-14H,2H2,1H3;1H,(H,2,3). The van der Waals surface area contributed by atoms with E-state index < -0.39 is 0 Å². The van der Waals surface area contributed by atoms with Crippen LogP contribution in [0.4, 0.5) is 0 Å². The number of ether oxygens (including phenoxy) is 1. The number of hydrogen-bond acceptors (Lipinski definition) is 4. The molecule has 0 aliphatic heterocycles. The molecular formula is C22H19NO3S. The van der Waals surface area contributed by atoms with Gasteiger partial charge in [-0.25, -0.2) is 0 Å². The Morgan fingerprint density at radius 2 is 1.70 bits per heavy atom. The Kier molecular flexibility index (Phi) is 6.18. The maximum atomic E-state index is 8.36. The summed E-state index contributed by atoms with van der Waals surface area (Å²) in [6, 6.07) is 20.7. The number of fused-ring (bicyclic) bond motifs is 1. The number of carboxylic acid groups (broad SMARTS) is 1. The van der Waals surface area contributed by atoms with Crippen molar-refractivity contribution in [1.82, 2.24) is 4.98 Å². The van der Waals surface area contributed by atoms with Crippen molar-refractivity contribution in [3.8, 4) is 22.6 Å². The lowest BCUT2D eigenvalue weighted by molar-refractivity contribution is -0.122. The number of aryl methyl sites for hydroxylation is 1. The van der Waals surface area contributed by atoms with Gasteiger partial charge in [0.1, 0.15) is 5.75 Å². The zero-order valence-electron chi connectivity index (χ0n) is 14.8. The lowest BCUT2D eigenvalue weighted by atomic mass is 10.1. The molecule has 0 aliphatic carbocycles. The van der Waals surface area contributed by atoms with Gasteiger partial charge in [0, 0.05) is 16.5 Å². The topological polar surface area (TPSA) is 59.4 Å². The van der Waals surface area contributed by atoms with Gasteiger partial charge < -0.3 is 9.84 Å². The molecule has 0 saturated carbocycles. The van der Waals surface area contributed by atoms with Crippen LogP contribution < -0.4 is 4.74 Å². The van der Waals surface area contributed by atoms with Crippen molar-refractivity contribution in [1.29, 1.82) is 0 Å². The van der Waals surface area contributed by atoms with Crippen molar-refractivity contribution < 1.29 is 14.6 Å². The molecule has 2 heterocycles. The second kappa shape index (κ2) is 8.96. The highest BCUT2D eigenvalue weighted by Gasteiger charge is 2.08. The molecule has 2 aromatic carbocycles. The van der Waals surface area contributed by atoms with E-state index in [0.29, 0.717) is 0 Å². The summed E-state index contributed by atoms with van der Waals surface area (Å²) in [5.74, 6) is 1.64. The summed E-state index contributed by atoms with van der Waals surface area (Å²) >= 11 is 1.78. The van der Waals surface area contributed by atoms with E-state index in [9.17, 15) is 0 Å². The summed E-state index contributed by atoms with van der Waals surface area (Å²) < 4.78 is 7.26. The molecule has 0 aliphatic rings. The average Bonchev–Trinajstić information content (AvgIpc) is 3.14. The highest BCUT2D eigenvalue weighted by molar-refractivity contribution is 7.19. The summed E-state index contributed by atoms with van der Waals surface area (Å²) in [4.78, 5) is 14.0. The monoisotopic (exact) mass is 377 g/mol. The van der Waals surface area contributed by atoms with Gasteiger partial charge in [0.15, 0.2) is 5.75 Å². The minimum absolute atomic E-state index is 0.250. The Hall–Kier alpha value is -3.18. The number of thiophene rings is 1. The largest absolute Gasteiger partial charge is 0.483 e. The third-order valence-corrected chi connectivity index (χ3v) is 5.21. The van der Waals surface area contributed by atoms with E-state index in [0.717, 1.165) is 23.3 Å². The lowest BCUT2D eigenvalue weighted by Gasteiger charge is -2.08. The number of nitrogens with zero attached hydrogens (tertiary/aromatic N) is 1. The van der Waals surface area contributed by atoms with E-state index in [2.05, 4.69) is 42.2 Å². The van der Waals surface area contributed by atoms with E-state index in [1.165, 1.54) is 20.7 Å². The second-order valence-electron chi connectivity index (χ2n) is 5.71. The van der Waals surface area contributed by atoms with E-state index in [1.54, 1.807) is 17.5 Å². The minimum atomic E-state index is -0.250. The number of benzene rings is 2. The molecule has 136 valence electrons. The average molecular weight is 377 g/mol. The third-order valence-electron chi connectivity index (χ3n) is 4.00. The van der Waals surface area contributed by atoms with Crippen LogP contribution >= 0.6 is 11.3 Å². The maximum Gasteiger partial charge on any atom is 0.290 e. The van der Waals surface area contributed by atoms with Crippen molar-refractivity contribution in [3.05, 3.63) is 77.9 Å². The fourth-order valence-electron chi connectivity index (χ4n) is 2.72. The summed E-state index contributed by atoms with van der Waals surface area (Å²) in [5, 5.41) is 8.03. The van der Waals surface area contributed by atoms with E-state index in [1.807, 2.05) is 36.5 Å². The zero-order valence-corrected chi connectivity index (χ0v) is 15.6. The van der Waals surface area contributed by atoms with Crippen LogP contribution in [0.3, 0.4) is 0 Å². The smallest absolute Gasteiger partial charge is 0.290 e. The molecule has 0 fully saturated rings. The summed E-state index contributed by atoms with van der Waals surface area (Å²) in [6.45, 7) is 1.92. The minimum Gasteiger partial charge on any atom is -0.483 e. The van der Waals surface area contributed by atoms with Gasteiger partial charge in [-0.3, -0.25) is 9.78 Å². The van der Waals surface area contributed by atoms with E-state index in [4.69, 9.17) is 14.6 Å². The molecule has 1 N–H and O–H groups in total. The number of rotatable bonds is 4. The fraction of sp³-hybridized carbons (Fsp3) is 0.0909. The Balaban J connectivity index is 0.000000659. The molecule has 5 heteroatoms. The van der Waals surface area contributed by atoms with E-state index in [-0.39, 0.29) is 6.47 Å². The normalized spacial score (nSPS) is 10.1. The highest BCUT2D eigenvalue weighted by atomic mass is 32.1. The molecule has 0 spiro atoms. The number of aromatic nitrogens is 1. The zero-order chi connectivity index (χ0) is 19.1. The number of hydrogen-bond donors (Lipinski definition) is 1. The Morgan fingerprint density at radius 3 is 2.37 bits per heavy atom. The van der Waals surface area contributed by atoms with Crippen LogP contribution in [-0.2, 0) is 11.2 Å². The van der Waals surface area contributed by atoms with Crippen molar-refractivity contribution in [3.63, 3.8) is 0 Å². The first-order valence-corrected chi connectivity index (χ1v) is 9.34. The summed E-state index contributed by atoms with van der Waals surface area (Å²) in [7, 11) is 0. The number of pyridine rings is 1. The molecule has 4 aromatic rings. The molecule has 0 radical (unpaired) electrons. The number of carbonyl (C=O) groups is 1. The van der Waals surface area contributed by atoms with Crippen molar-refractivity contribution in [2.24, 2.45) is 0 Å². The quantitative estimate of drug-likeness (QED) is 0.442. The first-order valence-electron chi connectivity index (χ1n) is 8.52. The second-order valence-corrected chi connectivity index (χ2v) is 6.88. The molecule has 4 rings (SSSR count). The molecule has 0 unspecified atom stereocenters. The summed E-state index contributed by atoms with van der Waals surface area (Å²) in [5.41, 5.74) is 2.39. The van der Waals surface area contributed by atoms with Gasteiger partial charge in [0.05, 0.1) is 10.9 Å². The first-order chi connectivity index (χ1) is 13.2. The molecule has 0 amide bonds. The van der Waals surface area contributed by atoms with Crippen LogP contribution in [0.1, 0.15) is 11.8 Å². The van der Waals surface area contributed by atoms with Gasteiger partial charge in [0.2, 0.25) is 0 Å². The third kappa shape index (κ3) is 4.51. The van der Waals surface area contributed by atoms with Crippen molar-refractivity contribution in [2.75, 3.05) is 0 Å². The molecule has 0 atom stereocenters.